The molecule has 10 heteroatoms. The fourth-order valence-electron chi connectivity index (χ4n) is 3.26. The monoisotopic (exact) mass is 395 g/mol. The normalized spacial score (nSPS) is 19.6. The summed E-state index contributed by atoms with van der Waals surface area (Å²) in [6.45, 7) is 0.588. The van der Waals surface area contributed by atoms with Crippen LogP contribution in [0.1, 0.15) is 42.2 Å². The summed E-state index contributed by atoms with van der Waals surface area (Å²) in [4.78, 5) is 3.22. The van der Waals surface area contributed by atoms with Gasteiger partial charge in [0.25, 0.3) is 0 Å². The van der Waals surface area contributed by atoms with Gasteiger partial charge in [0.2, 0.25) is 0 Å². The van der Waals surface area contributed by atoms with E-state index in [1.165, 1.54) is 6.07 Å². The summed E-state index contributed by atoms with van der Waals surface area (Å²) < 4.78 is 79.3. The number of aromatic nitrogens is 1. The highest BCUT2D eigenvalue weighted by atomic mass is 19.4. The highest BCUT2D eigenvalue weighted by molar-refractivity contribution is 5.86. The molecule has 27 heavy (non-hydrogen) atoms. The van der Waals surface area contributed by atoms with Gasteiger partial charge in [-0.25, -0.2) is 4.98 Å². The van der Waals surface area contributed by atoms with Crippen molar-refractivity contribution in [2.45, 2.75) is 43.8 Å². The van der Waals surface area contributed by atoms with Crippen LogP contribution in [0.2, 0.25) is 0 Å². The Morgan fingerprint density at radius 2 is 1.78 bits per heavy atom. The summed E-state index contributed by atoms with van der Waals surface area (Å²) in [5, 5.41) is 13.5. The van der Waals surface area contributed by atoms with Crippen LogP contribution in [0.3, 0.4) is 0 Å². The Balaban J connectivity index is 0.00000261. The first-order chi connectivity index (χ1) is 12.1. The standard InChI is InChI=1S/C17H16F6N2O.H3N/c18-16(19,20)11-5-3-4-9-10(15(26)12-6-1-2-7-24-12)8-13(17(21,22)23)25-14(9)11;/h3-5,8,12,15,24,26H,1-2,6-7H2;1H3/t12-,15+;/m1./s1. The third-order valence-electron chi connectivity index (χ3n) is 4.52. The molecule has 1 aromatic heterocycles. The lowest BCUT2D eigenvalue weighted by Gasteiger charge is -2.29. The molecule has 0 radical (unpaired) electrons. The number of rotatable bonds is 2. The molecule has 0 aliphatic carbocycles. The van der Waals surface area contributed by atoms with Gasteiger partial charge in [0, 0.05) is 11.4 Å². The lowest BCUT2D eigenvalue weighted by atomic mass is 9.91. The summed E-state index contributed by atoms with van der Waals surface area (Å²) in [5.74, 6) is 0. The lowest BCUT2D eigenvalue weighted by molar-refractivity contribution is -0.142. The van der Waals surface area contributed by atoms with Gasteiger partial charge in [0.05, 0.1) is 17.2 Å². The van der Waals surface area contributed by atoms with Crippen LogP contribution in [0.5, 0.6) is 0 Å². The Bertz CT molecular complexity index is 800. The van der Waals surface area contributed by atoms with Gasteiger partial charge in [-0.15, -0.1) is 0 Å². The van der Waals surface area contributed by atoms with Crippen molar-refractivity contribution in [3.05, 3.63) is 41.1 Å². The molecule has 0 amide bonds. The van der Waals surface area contributed by atoms with Crippen LogP contribution in [-0.4, -0.2) is 22.7 Å². The van der Waals surface area contributed by atoms with Gasteiger partial charge in [-0.2, -0.15) is 26.3 Å². The third kappa shape index (κ3) is 4.33. The Labute approximate surface area is 151 Å². The van der Waals surface area contributed by atoms with Crippen molar-refractivity contribution in [2.75, 3.05) is 6.54 Å². The highest BCUT2D eigenvalue weighted by Crippen LogP contribution is 2.39. The Hall–Kier alpha value is -1.91. The summed E-state index contributed by atoms with van der Waals surface area (Å²) in [7, 11) is 0. The number of benzene rings is 1. The Morgan fingerprint density at radius 3 is 2.33 bits per heavy atom. The molecule has 3 rings (SSSR count). The van der Waals surface area contributed by atoms with Crippen molar-refractivity contribution in [2.24, 2.45) is 0 Å². The largest absolute Gasteiger partial charge is 0.433 e. The fourth-order valence-corrected chi connectivity index (χ4v) is 3.26. The molecule has 4 nitrogen and oxygen atoms in total. The van der Waals surface area contributed by atoms with Crippen molar-refractivity contribution < 1.29 is 31.4 Å². The molecule has 0 saturated carbocycles. The first-order valence-electron chi connectivity index (χ1n) is 8.08. The molecular weight excluding hydrogens is 376 g/mol. The van der Waals surface area contributed by atoms with E-state index < -0.39 is 41.3 Å². The van der Waals surface area contributed by atoms with Crippen LogP contribution in [-0.2, 0) is 12.4 Å². The molecule has 1 aromatic carbocycles. The van der Waals surface area contributed by atoms with Gasteiger partial charge in [0.1, 0.15) is 5.69 Å². The first-order valence-corrected chi connectivity index (χ1v) is 8.08. The quantitative estimate of drug-likeness (QED) is 0.649. The molecule has 1 fully saturated rings. The summed E-state index contributed by atoms with van der Waals surface area (Å²) in [6.07, 6.45) is -9.00. The number of halogens is 6. The van der Waals surface area contributed by atoms with Crippen LogP contribution in [0, 0.1) is 0 Å². The van der Waals surface area contributed by atoms with E-state index in [1.807, 2.05) is 0 Å². The molecular formula is C17H19F6N3O. The van der Waals surface area contributed by atoms with Crippen molar-refractivity contribution >= 4 is 10.9 Å². The number of alkyl halides is 6. The molecule has 5 N–H and O–H groups in total. The molecule has 1 aliphatic heterocycles. The summed E-state index contributed by atoms with van der Waals surface area (Å²) >= 11 is 0. The number of hydrogen-bond donors (Lipinski definition) is 3. The van der Waals surface area contributed by atoms with Gasteiger partial charge < -0.3 is 16.6 Å². The van der Waals surface area contributed by atoms with Gasteiger partial charge in [-0.05, 0) is 37.1 Å². The molecule has 0 unspecified atom stereocenters. The van der Waals surface area contributed by atoms with E-state index >= 15 is 0 Å². The topological polar surface area (TPSA) is 80.2 Å². The predicted molar refractivity (Wildman–Crippen MR) is 87.4 cm³/mol. The number of piperidine rings is 1. The fraction of sp³-hybridized carbons (Fsp3) is 0.471. The summed E-state index contributed by atoms with van der Waals surface area (Å²) in [5.41, 5.74) is -3.72. The van der Waals surface area contributed by atoms with Crippen molar-refractivity contribution in [3.8, 4) is 0 Å². The van der Waals surface area contributed by atoms with E-state index in [0.717, 1.165) is 18.9 Å². The zero-order valence-electron chi connectivity index (χ0n) is 14.2. The molecule has 1 aliphatic rings. The van der Waals surface area contributed by atoms with Crippen LogP contribution < -0.4 is 11.5 Å². The van der Waals surface area contributed by atoms with E-state index in [2.05, 4.69) is 10.3 Å². The molecule has 2 atom stereocenters. The number of hydrogen-bond acceptors (Lipinski definition) is 4. The second-order valence-corrected chi connectivity index (χ2v) is 6.30. The van der Waals surface area contributed by atoms with Crippen molar-refractivity contribution in [1.82, 2.24) is 16.5 Å². The molecule has 1 saturated heterocycles. The maximum absolute atomic E-state index is 13.2. The van der Waals surface area contributed by atoms with E-state index in [4.69, 9.17) is 0 Å². The van der Waals surface area contributed by atoms with Crippen molar-refractivity contribution in [1.29, 1.82) is 0 Å². The van der Waals surface area contributed by atoms with Gasteiger partial charge in [-0.1, -0.05) is 18.6 Å². The van der Waals surface area contributed by atoms with E-state index in [-0.39, 0.29) is 17.1 Å². The Morgan fingerprint density at radius 1 is 1.07 bits per heavy atom. The number of fused-ring (bicyclic) bond motifs is 1. The first kappa shape index (κ1) is 21.4. The minimum Gasteiger partial charge on any atom is -0.387 e. The summed E-state index contributed by atoms with van der Waals surface area (Å²) in [6, 6.07) is 3.16. The maximum Gasteiger partial charge on any atom is 0.433 e. The zero-order chi connectivity index (χ0) is 19.1. The lowest BCUT2D eigenvalue weighted by Crippen LogP contribution is -2.39. The number of aliphatic hydroxyl groups is 1. The van der Waals surface area contributed by atoms with Crippen LogP contribution >= 0.6 is 0 Å². The number of nitrogens with zero attached hydrogens (tertiary/aromatic N) is 1. The van der Waals surface area contributed by atoms with Gasteiger partial charge >= 0.3 is 12.4 Å². The second-order valence-electron chi connectivity index (χ2n) is 6.30. The number of para-hydroxylation sites is 1. The molecule has 2 aromatic rings. The van der Waals surface area contributed by atoms with E-state index in [0.29, 0.717) is 25.1 Å². The zero-order valence-corrected chi connectivity index (χ0v) is 14.2. The smallest absolute Gasteiger partial charge is 0.387 e. The van der Waals surface area contributed by atoms with Crippen molar-refractivity contribution in [3.63, 3.8) is 0 Å². The minimum absolute atomic E-state index is 0. The third-order valence-corrected chi connectivity index (χ3v) is 4.52. The van der Waals surface area contributed by atoms with Crippen LogP contribution in [0.4, 0.5) is 26.3 Å². The maximum atomic E-state index is 13.2. The highest BCUT2D eigenvalue weighted by Gasteiger charge is 2.38. The van der Waals surface area contributed by atoms with E-state index in [9.17, 15) is 31.4 Å². The second kappa shape index (κ2) is 7.61. The van der Waals surface area contributed by atoms with Crippen LogP contribution in [0.15, 0.2) is 24.3 Å². The molecule has 0 bridgehead atoms. The SMILES string of the molecule is N.O[C@@H](c1cc(C(F)(F)F)nc2c(C(F)(F)F)cccc12)[C@H]1CCCCN1. The molecule has 0 spiro atoms. The number of aliphatic hydroxyl groups excluding tert-OH is 1. The van der Waals surface area contributed by atoms with E-state index in [1.54, 1.807) is 0 Å². The number of pyridine rings is 1. The molecule has 150 valence electrons. The predicted octanol–water partition coefficient (Wildman–Crippen LogP) is 4.61. The van der Waals surface area contributed by atoms with Gasteiger partial charge in [-0.3, -0.25) is 0 Å². The minimum atomic E-state index is -4.93. The number of nitrogens with one attached hydrogen (secondary N) is 1. The Kier molecular flexibility index (Phi) is 6.03. The van der Waals surface area contributed by atoms with Gasteiger partial charge in [0.15, 0.2) is 0 Å². The van der Waals surface area contributed by atoms with Crippen LogP contribution in [0.25, 0.3) is 10.9 Å². The average Bonchev–Trinajstić information content (AvgIpc) is 2.58. The molecule has 2 heterocycles. The average molecular weight is 395 g/mol.